The second-order valence-corrected chi connectivity index (χ2v) is 8.72. The fraction of sp³-hybridized carbons (Fsp3) is 0.333. The maximum Gasteiger partial charge on any atom is 0.132 e. The Labute approximate surface area is 182 Å². The van der Waals surface area contributed by atoms with Crippen molar-refractivity contribution in [1.29, 1.82) is 5.26 Å². The molecule has 0 amide bonds. The van der Waals surface area contributed by atoms with Crippen molar-refractivity contribution < 1.29 is 5.11 Å². The normalized spacial score (nSPS) is 13.5. The van der Waals surface area contributed by atoms with Crippen LogP contribution in [0.25, 0.3) is 11.3 Å². The topological polar surface area (TPSA) is 107 Å². The first-order valence-corrected chi connectivity index (χ1v) is 10.4. The van der Waals surface area contributed by atoms with E-state index >= 15 is 0 Å². The molecule has 0 atom stereocenters. The van der Waals surface area contributed by atoms with Crippen LogP contribution in [0.3, 0.4) is 0 Å². The van der Waals surface area contributed by atoms with E-state index in [4.69, 9.17) is 10.2 Å². The predicted molar refractivity (Wildman–Crippen MR) is 121 cm³/mol. The maximum atomic E-state index is 9.41. The number of aliphatic hydroxyl groups is 1. The smallest absolute Gasteiger partial charge is 0.132 e. The molecule has 4 rings (SSSR count). The standard InChI is InChI=1S/C24H26N6O/c1-24(2,15-31)14-28-21-6-5-18(13-27-21)20-10-19(17-3-4-17)11-23(29-20)30-22-9-16(12-25)7-8-26-22/h5-11,13,17,31H,3-4,14-15H2,1-2H3,(H,27,28)(H,26,29,30). The fourth-order valence-corrected chi connectivity index (χ4v) is 3.15. The van der Waals surface area contributed by atoms with E-state index in [1.165, 1.54) is 18.4 Å². The lowest BCUT2D eigenvalue weighted by molar-refractivity contribution is 0.170. The number of nitrogens with zero attached hydrogens (tertiary/aromatic N) is 4. The minimum atomic E-state index is -0.210. The van der Waals surface area contributed by atoms with Crippen molar-refractivity contribution in [2.75, 3.05) is 23.8 Å². The Hall–Kier alpha value is -3.50. The molecule has 1 aliphatic carbocycles. The first-order valence-electron chi connectivity index (χ1n) is 10.4. The minimum Gasteiger partial charge on any atom is -0.396 e. The molecular weight excluding hydrogens is 388 g/mol. The number of nitriles is 1. The lowest BCUT2D eigenvalue weighted by atomic mass is 9.95. The highest BCUT2D eigenvalue weighted by molar-refractivity contribution is 5.65. The summed E-state index contributed by atoms with van der Waals surface area (Å²) in [6.07, 6.45) is 5.80. The van der Waals surface area contributed by atoms with E-state index in [2.05, 4.69) is 38.8 Å². The summed E-state index contributed by atoms with van der Waals surface area (Å²) in [6, 6.07) is 13.6. The van der Waals surface area contributed by atoms with Crippen molar-refractivity contribution >= 4 is 17.5 Å². The number of aliphatic hydroxyl groups excluding tert-OH is 1. The molecule has 0 bridgehead atoms. The third kappa shape index (κ3) is 5.36. The van der Waals surface area contributed by atoms with Gasteiger partial charge in [-0.1, -0.05) is 13.8 Å². The Morgan fingerprint density at radius 1 is 1.10 bits per heavy atom. The zero-order chi connectivity index (χ0) is 21.8. The van der Waals surface area contributed by atoms with Crippen LogP contribution < -0.4 is 10.6 Å². The summed E-state index contributed by atoms with van der Waals surface area (Å²) < 4.78 is 0. The van der Waals surface area contributed by atoms with Crippen molar-refractivity contribution in [3.63, 3.8) is 0 Å². The summed E-state index contributed by atoms with van der Waals surface area (Å²) in [4.78, 5) is 13.6. The molecule has 0 aromatic carbocycles. The van der Waals surface area contributed by atoms with Gasteiger partial charge < -0.3 is 15.7 Å². The Morgan fingerprint density at radius 2 is 1.94 bits per heavy atom. The monoisotopic (exact) mass is 414 g/mol. The highest BCUT2D eigenvalue weighted by atomic mass is 16.3. The summed E-state index contributed by atoms with van der Waals surface area (Å²) in [6.45, 7) is 4.74. The van der Waals surface area contributed by atoms with E-state index in [1.54, 1.807) is 18.3 Å². The summed E-state index contributed by atoms with van der Waals surface area (Å²) in [5, 5.41) is 25.0. The highest BCUT2D eigenvalue weighted by Crippen LogP contribution is 2.42. The lowest BCUT2D eigenvalue weighted by Gasteiger charge is -2.22. The Balaban J connectivity index is 1.57. The van der Waals surface area contributed by atoms with Crippen LogP contribution in [0.15, 0.2) is 48.8 Å². The molecule has 1 fully saturated rings. The molecule has 0 unspecified atom stereocenters. The van der Waals surface area contributed by atoms with Gasteiger partial charge in [0.1, 0.15) is 17.5 Å². The molecule has 7 nitrogen and oxygen atoms in total. The molecular formula is C24H26N6O. The van der Waals surface area contributed by atoms with E-state index < -0.39 is 0 Å². The van der Waals surface area contributed by atoms with Crippen molar-refractivity contribution in [2.24, 2.45) is 5.41 Å². The summed E-state index contributed by atoms with van der Waals surface area (Å²) in [7, 11) is 0. The van der Waals surface area contributed by atoms with Crippen LogP contribution in [-0.4, -0.2) is 33.2 Å². The average molecular weight is 415 g/mol. The van der Waals surface area contributed by atoms with E-state index in [9.17, 15) is 5.11 Å². The van der Waals surface area contributed by atoms with Crippen molar-refractivity contribution in [3.05, 3.63) is 59.9 Å². The first kappa shape index (κ1) is 20.8. The molecule has 3 aromatic heterocycles. The van der Waals surface area contributed by atoms with Crippen LogP contribution in [0.5, 0.6) is 0 Å². The van der Waals surface area contributed by atoms with Gasteiger partial charge in [-0.25, -0.2) is 15.0 Å². The number of pyridine rings is 3. The molecule has 1 saturated carbocycles. The SMILES string of the molecule is CC(C)(CO)CNc1ccc(-c2cc(C3CC3)cc(Nc3cc(C#N)ccn3)n2)cn1. The van der Waals surface area contributed by atoms with E-state index in [1.807, 2.05) is 32.2 Å². The quantitative estimate of drug-likeness (QED) is 0.499. The van der Waals surface area contributed by atoms with E-state index in [0.717, 1.165) is 17.1 Å². The van der Waals surface area contributed by atoms with Gasteiger partial charge >= 0.3 is 0 Å². The number of nitrogens with one attached hydrogen (secondary N) is 2. The van der Waals surface area contributed by atoms with Crippen LogP contribution in [0, 0.1) is 16.7 Å². The predicted octanol–water partition coefficient (Wildman–Crippen LogP) is 4.46. The average Bonchev–Trinajstić information content (AvgIpc) is 3.64. The van der Waals surface area contributed by atoms with Gasteiger partial charge in [-0.15, -0.1) is 0 Å². The van der Waals surface area contributed by atoms with Gasteiger partial charge in [0.25, 0.3) is 0 Å². The zero-order valence-electron chi connectivity index (χ0n) is 17.8. The van der Waals surface area contributed by atoms with Crippen LogP contribution in [0.4, 0.5) is 17.5 Å². The largest absolute Gasteiger partial charge is 0.396 e. The highest BCUT2D eigenvalue weighted by Gasteiger charge is 2.25. The summed E-state index contributed by atoms with van der Waals surface area (Å²) >= 11 is 0. The Morgan fingerprint density at radius 3 is 2.61 bits per heavy atom. The molecule has 3 N–H and O–H groups in total. The van der Waals surface area contributed by atoms with Crippen molar-refractivity contribution in [2.45, 2.75) is 32.6 Å². The molecule has 31 heavy (non-hydrogen) atoms. The van der Waals surface area contributed by atoms with Crippen LogP contribution in [-0.2, 0) is 0 Å². The lowest BCUT2D eigenvalue weighted by Crippen LogP contribution is -2.27. The second kappa shape index (κ2) is 8.70. The number of aromatic nitrogens is 3. The number of hydrogen-bond donors (Lipinski definition) is 3. The number of hydrogen-bond acceptors (Lipinski definition) is 7. The third-order valence-corrected chi connectivity index (χ3v) is 5.28. The minimum absolute atomic E-state index is 0.109. The summed E-state index contributed by atoms with van der Waals surface area (Å²) in [5.41, 5.74) is 3.36. The molecule has 3 heterocycles. The van der Waals surface area contributed by atoms with Crippen LogP contribution in [0.2, 0.25) is 0 Å². The molecule has 0 spiro atoms. The van der Waals surface area contributed by atoms with Gasteiger partial charge in [-0.3, -0.25) is 0 Å². The Bertz CT molecular complexity index is 1100. The van der Waals surface area contributed by atoms with Gasteiger partial charge in [-0.05, 0) is 60.7 Å². The molecule has 0 saturated heterocycles. The Kier molecular flexibility index (Phi) is 5.83. The van der Waals surface area contributed by atoms with Gasteiger partial charge in [0.2, 0.25) is 0 Å². The number of rotatable bonds is 8. The van der Waals surface area contributed by atoms with Crippen molar-refractivity contribution in [1.82, 2.24) is 15.0 Å². The van der Waals surface area contributed by atoms with E-state index in [-0.39, 0.29) is 12.0 Å². The van der Waals surface area contributed by atoms with Gasteiger partial charge in [0.05, 0.1) is 17.3 Å². The van der Waals surface area contributed by atoms with Crippen molar-refractivity contribution in [3.8, 4) is 17.3 Å². The van der Waals surface area contributed by atoms with Crippen LogP contribution >= 0.6 is 0 Å². The fourth-order valence-electron chi connectivity index (χ4n) is 3.15. The molecule has 7 heteroatoms. The molecule has 3 aromatic rings. The third-order valence-electron chi connectivity index (χ3n) is 5.28. The molecule has 0 aliphatic heterocycles. The van der Waals surface area contributed by atoms with Gasteiger partial charge in [0, 0.05) is 36.5 Å². The molecule has 1 aliphatic rings. The zero-order valence-corrected chi connectivity index (χ0v) is 17.8. The second-order valence-electron chi connectivity index (χ2n) is 8.72. The van der Waals surface area contributed by atoms with Crippen LogP contribution in [0.1, 0.15) is 43.7 Å². The number of anilines is 3. The maximum absolute atomic E-state index is 9.41. The molecule has 0 radical (unpaired) electrons. The first-order chi connectivity index (χ1) is 15.0. The van der Waals surface area contributed by atoms with Gasteiger partial charge in [0.15, 0.2) is 0 Å². The van der Waals surface area contributed by atoms with Gasteiger partial charge in [-0.2, -0.15) is 5.26 Å². The van der Waals surface area contributed by atoms with E-state index in [0.29, 0.717) is 29.7 Å². The molecule has 158 valence electrons. The summed E-state index contributed by atoms with van der Waals surface area (Å²) in [5.74, 6) is 2.62.